The van der Waals surface area contributed by atoms with E-state index in [9.17, 15) is 0 Å². The van der Waals surface area contributed by atoms with Crippen LogP contribution in [0.5, 0.6) is 0 Å². The minimum Gasteiger partial charge on any atom is -0.377 e. The van der Waals surface area contributed by atoms with Crippen molar-refractivity contribution in [2.75, 3.05) is 30.1 Å². The molecule has 2 heterocycles. The number of aryl methyl sites for hydroxylation is 1. The van der Waals surface area contributed by atoms with E-state index in [4.69, 9.17) is 10.6 Å². The third-order valence-electron chi connectivity index (χ3n) is 2.89. The highest BCUT2D eigenvalue weighted by atomic mass is 16.5. The molecule has 1 aliphatic rings. The SMILES string of the molecule is Cc1cc(N2CCOCC2(C)C)nc(NN)n1. The molecule has 0 amide bonds. The van der Waals surface area contributed by atoms with E-state index in [1.54, 1.807) is 0 Å². The molecule has 0 bridgehead atoms. The van der Waals surface area contributed by atoms with Gasteiger partial charge in [-0.1, -0.05) is 0 Å². The Morgan fingerprint density at radius 3 is 2.88 bits per heavy atom. The predicted octanol–water partition coefficient (Wildman–Crippen LogP) is 0.686. The summed E-state index contributed by atoms with van der Waals surface area (Å²) in [5, 5.41) is 0. The molecule has 1 aromatic rings. The number of nitrogen functional groups attached to an aromatic ring is 1. The van der Waals surface area contributed by atoms with E-state index < -0.39 is 0 Å². The first-order valence-corrected chi connectivity index (χ1v) is 5.70. The van der Waals surface area contributed by atoms with Crippen LogP contribution in [0, 0.1) is 6.92 Å². The van der Waals surface area contributed by atoms with Gasteiger partial charge in [-0.15, -0.1) is 0 Å². The van der Waals surface area contributed by atoms with Gasteiger partial charge in [0, 0.05) is 18.3 Å². The summed E-state index contributed by atoms with van der Waals surface area (Å²) in [7, 11) is 0. The fourth-order valence-electron chi connectivity index (χ4n) is 2.04. The molecule has 94 valence electrons. The molecule has 6 heteroatoms. The third kappa shape index (κ3) is 2.48. The largest absolute Gasteiger partial charge is 0.377 e. The zero-order chi connectivity index (χ0) is 12.5. The molecule has 0 spiro atoms. The van der Waals surface area contributed by atoms with Gasteiger partial charge < -0.3 is 9.64 Å². The first kappa shape index (κ1) is 12.1. The summed E-state index contributed by atoms with van der Waals surface area (Å²) < 4.78 is 5.50. The molecule has 1 aromatic heterocycles. The quantitative estimate of drug-likeness (QED) is 0.582. The molecule has 0 saturated carbocycles. The summed E-state index contributed by atoms with van der Waals surface area (Å²) >= 11 is 0. The van der Waals surface area contributed by atoms with Crippen molar-refractivity contribution in [2.24, 2.45) is 5.84 Å². The lowest BCUT2D eigenvalue weighted by Crippen LogP contribution is -2.53. The lowest BCUT2D eigenvalue weighted by molar-refractivity contribution is 0.0639. The van der Waals surface area contributed by atoms with Crippen molar-refractivity contribution in [2.45, 2.75) is 26.3 Å². The van der Waals surface area contributed by atoms with Crippen LogP contribution in [-0.4, -0.2) is 35.3 Å². The lowest BCUT2D eigenvalue weighted by atomic mass is 10.0. The Hall–Kier alpha value is -1.40. The van der Waals surface area contributed by atoms with Crippen LogP contribution in [0.4, 0.5) is 11.8 Å². The van der Waals surface area contributed by atoms with Crippen molar-refractivity contribution in [3.8, 4) is 0 Å². The van der Waals surface area contributed by atoms with Crippen molar-refractivity contribution in [3.63, 3.8) is 0 Å². The number of anilines is 2. The average molecular weight is 237 g/mol. The van der Waals surface area contributed by atoms with E-state index in [2.05, 4.69) is 34.1 Å². The molecule has 6 nitrogen and oxygen atoms in total. The van der Waals surface area contributed by atoms with Crippen LogP contribution in [0.25, 0.3) is 0 Å². The zero-order valence-corrected chi connectivity index (χ0v) is 10.5. The Morgan fingerprint density at radius 1 is 1.47 bits per heavy atom. The van der Waals surface area contributed by atoms with Gasteiger partial charge in [-0.3, -0.25) is 5.43 Å². The number of hydrazine groups is 1. The number of nitrogens with one attached hydrogen (secondary N) is 1. The van der Waals surface area contributed by atoms with Crippen LogP contribution in [0.3, 0.4) is 0 Å². The monoisotopic (exact) mass is 237 g/mol. The molecule has 0 aromatic carbocycles. The van der Waals surface area contributed by atoms with Crippen molar-refractivity contribution in [1.82, 2.24) is 9.97 Å². The highest BCUT2D eigenvalue weighted by molar-refractivity contribution is 5.47. The fourth-order valence-corrected chi connectivity index (χ4v) is 2.04. The van der Waals surface area contributed by atoms with Crippen LogP contribution in [0.2, 0.25) is 0 Å². The first-order chi connectivity index (χ1) is 8.03. The van der Waals surface area contributed by atoms with Gasteiger partial charge in [-0.2, -0.15) is 4.98 Å². The van der Waals surface area contributed by atoms with Crippen molar-refractivity contribution in [1.29, 1.82) is 0 Å². The van der Waals surface area contributed by atoms with Gasteiger partial charge in [0.2, 0.25) is 5.95 Å². The molecule has 0 unspecified atom stereocenters. The number of rotatable bonds is 2. The smallest absolute Gasteiger partial charge is 0.239 e. The Balaban J connectivity index is 2.35. The number of nitrogens with two attached hydrogens (primary N) is 1. The molecule has 3 N–H and O–H groups in total. The number of hydrogen-bond donors (Lipinski definition) is 2. The minimum atomic E-state index is -0.0646. The molecule has 0 radical (unpaired) electrons. The van der Waals surface area contributed by atoms with Gasteiger partial charge in [0.05, 0.1) is 18.8 Å². The number of nitrogens with zero attached hydrogens (tertiary/aromatic N) is 3. The van der Waals surface area contributed by atoms with Crippen LogP contribution in [0.15, 0.2) is 6.07 Å². The molecule has 1 saturated heterocycles. The van der Waals surface area contributed by atoms with Gasteiger partial charge in [-0.25, -0.2) is 10.8 Å². The van der Waals surface area contributed by atoms with Gasteiger partial charge in [0.25, 0.3) is 0 Å². The average Bonchev–Trinajstić information content (AvgIpc) is 2.27. The lowest BCUT2D eigenvalue weighted by Gasteiger charge is -2.43. The highest BCUT2D eigenvalue weighted by Crippen LogP contribution is 2.26. The molecule has 0 atom stereocenters. The summed E-state index contributed by atoms with van der Waals surface area (Å²) in [6.07, 6.45) is 0. The topological polar surface area (TPSA) is 76.3 Å². The summed E-state index contributed by atoms with van der Waals surface area (Å²) in [5.41, 5.74) is 3.32. The second kappa shape index (κ2) is 4.46. The normalized spacial score (nSPS) is 19.2. The van der Waals surface area contributed by atoms with Gasteiger partial charge in [0.15, 0.2) is 0 Å². The number of aromatic nitrogens is 2. The van der Waals surface area contributed by atoms with E-state index in [0.717, 1.165) is 24.7 Å². The van der Waals surface area contributed by atoms with Crippen LogP contribution >= 0.6 is 0 Å². The molecular formula is C11H19N5O. The molecule has 1 fully saturated rings. The fraction of sp³-hybridized carbons (Fsp3) is 0.636. The van der Waals surface area contributed by atoms with E-state index >= 15 is 0 Å². The van der Waals surface area contributed by atoms with Gasteiger partial charge >= 0.3 is 0 Å². The van der Waals surface area contributed by atoms with Gasteiger partial charge in [-0.05, 0) is 20.8 Å². The number of ether oxygens (including phenoxy) is 1. The highest BCUT2D eigenvalue weighted by Gasteiger charge is 2.31. The van der Waals surface area contributed by atoms with E-state index in [1.165, 1.54) is 0 Å². The molecule has 2 rings (SSSR count). The summed E-state index contributed by atoms with van der Waals surface area (Å²) in [6.45, 7) is 8.45. The Labute approximate surface area is 101 Å². The van der Waals surface area contributed by atoms with Gasteiger partial charge in [0.1, 0.15) is 5.82 Å². The third-order valence-corrected chi connectivity index (χ3v) is 2.89. The van der Waals surface area contributed by atoms with E-state index in [1.807, 2.05) is 13.0 Å². The first-order valence-electron chi connectivity index (χ1n) is 5.70. The Morgan fingerprint density at radius 2 is 2.24 bits per heavy atom. The van der Waals surface area contributed by atoms with E-state index in [-0.39, 0.29) is 5.54 Å². The maximum absolute atomic E-state index is 5.50. The summed E-state index contributed by atoms with van der Waals surface area (Å²) in [6, 6.07) is 1.97. The van der Waals surface area contributed by atoms with E-state index in [0.29, 0.717) is 12.6 Å². The Bertz CT molecular complexity index is 407. The molecule has 17 heavy (non-hydrogen) atoms. The molecule has 1 aliphatic heterocycles. The van der Waals surface area contributed by atoms with Crippen molar-refractivity contribution >= 4 is 11.8 Å². The van der Waals surface area contributed by atoms with Crippen LogP contribution in [-0.2, 0) is 4.74 Å². The maximum Gasteiger partial charge on any atom is 0.239 e. The molecular weight excluding hydrogens is 218 g/mol. The zero-order valence-electron chi connectivity index (χ0n) is 10.5. The number of hydrogen-bond acceptors (Lipinski definition) is 6. The summed E-state index contributed by atoms with van der Waals surface area (Å²) in [4.78, 5) is 10.8. The second-order valence-corrected chi connectivity index (χ2v) is 4.85. The van der Waals surface area contributed by atoms with Crippen LogP contribution < -0.4 is 16.2 Å². The van der Waals surface area contributed by atoms with Crippen molar-refractivity contribution in [3.05, 3.63) is 11.8 Å². The van der Waals surface area contributed by atoms with Crippen LogP contribution in [0.1, 0.15) is 19.5 Å². The Kier molecular flexibility index (Phi) is 3.17. The second-order valence-electron chi connectivity index (χ2n) is 4.85. The minimum absolute atomic E-state index is 0.0646. The standard InChI is InChI=1S/C11H19N5O/c1-8-6-9(14-10(13-8)15-12)16-4-5-17-7-11(16,2)3/h6H,4-5,7,12H2,1-3H3,(H,13,14,15). The predicted molar refractivity (Wildman–Crippen MR) is 66.8 cm³/mol. The van der Waals surface area contributed by atoms with Crippen molar-refractivity contribution < 1.29 is 4.74 Å². The summed E-state index contributed by atoms with van der Waals surface area (Å²) in [5.74, 6) is 6.70. The number of morpholine rings is 1. The molecule has 0 aliphatic carbocycles. The maximum atomic E-state index is 5.50.